The van der Waals surface area contributed by atoms with Gasteiger partial charge in [0.1, 0.15) is 5.82 Å². The van der Waals surface area contributed by atoms with E-state index in [2.05, 4.69) is 103 Å². The van der Waals surface area contributed by atoms with Crippen molar-refractivity contribution in [2.75, 3.05) is 52.8 Å². The van der Waals surface area contributed by atoms with Gasteiger partial charge in [-0.1, -0.05) is 24.3 Å². The van der Waals surface area contributed by atoms with Crippen LogP contribution in [0.2, 0.25) is 0 Å². The maximum Gasteiger partial charge on any atom is 0.126 e. The predicted molar refractivity (Wildman–Crippen MR) is 136 cm³/mol. The van der Waals surface area contributed by atoms with E-state index < -0.39 is 0 Å². The van der Waals surface area contributed by atoms with E-state index in [9.17, 15) is 0 Å². The van der Waals surface area contributed by atoms with Crippen LogP contribution >= 0.6 is 23.5 Å². The second-order valence-electron chi connectivity index (χ2n) is 8.04. The molecule has 0 atom stereocenters. The minimum absolute atomic E-state index is 0.793. The van der Waals surface area contributed by atoms with Gasteiger partial charge in [0, 0.05) is 45.5 Å². The van der Waals surface area contributed by atoms with Crippen LogP contribution in [0.4, 0.5) is 0 Å². The molecule has 0 radical (unpaired) electrons. The quantitative estimate of drug-likeness (QED) is 0.382. The van der Waals surface area contributed by atoms with E-state index >= 15 is 0 Å². The predicted octanol–water partition coefficient (Wildman–Crippen LogP) is 5.43. The Morgan fingerprint density at radius 1 is 0.645 bits per heavy atom. The molecule has 0 aliphatic carbocycles. The van der Waals surface area contributed by atoms with Crippen LogP contribution in [0.5, 0.6) is 0 Å². The molecule has 0 amide bonds. The van der Waals surface area contributed by atoms with Crippen molar-refractivity contribution in [2.24, 2.45) is 0 Å². The van der Waals surface area contributed by atoms with Crippen molar-refractivity contribution in [3.05, 3.63) is 60.4 Å². The lowest BCUT2D eigenvalue weighted by Gasteiger charge is -2.10. The van der Waals surface area contributed by atoms with E-state index in [4.69, 9.17) is 0 Å². The Balaban J connectivity index is 1.71. The topological polar surface area (TPSA) is 32.3 Å². The van der Waals surface area contributed by atoms with Crippen molar-refractivity contribution < 1.29 is 0 Å². The van der Waals surface area contributed by atoms with E-state index in [1.165, 1.54) is 9.79 Å². The highest BCUT2D eigenvalue weighted by molar-refractivity contribution is 7.99. The summed E-state index contributed by atoms with van der Waals surface area (Å²) >= 11 is 3.77. The molecule has 3 aromatic rings. The summed E-state index contributed by atoms with van der Waals surface area (Å²) in [6.07, 6.45) is 0. The number of benzene rings is 2. The zero-order chi connectivity index (χ0) is 22.2. The van der Waals surface area contributed by atoms with E-state index in [-0.39, 0.29) is 0 Å². The van der Waals surface area contributed by atoms with Crippen molar-refractivity contribution in [1.29, 1.82) is 0 Å². The Morgan fingerprint density at radius 2 is 1.03 bits per heavy atom. The van der Waals surface area contributed by atoms with Crippen molar-refractivity contribution >= 4 is 23.5 Å². The van der Waals surface area contributed by atoms with Crippen LogP contribution in [0, 0.1) is 6.92 Å². The average molecular weight is 453 g/mol. The molecular formula is C25H32N4S2. The second kappa shape index (κ2) is 11.7. The van der Waals surface area contributed by atoms with E-state index in [1.807, 2.05) is 30.4 Å². The first-order valence-electron chi connectivity index (χ1n) is 10.5. The molecule has 2 aromatic carbocycles. The summed E-state index contributed by atoms with van der Waals surface area (Å²) in [5.41, 5.74) is 4.19. The first kappa shape index (κ1) is 23.8. The SMILES string of the molecule is Cc1nc(-c2ccc(SCCN(C)C)cc2)cc(-c2ccc(SCCN(C)C)cc2)n1. The van der Waals surface area contributed by atoms with Crippen LogP contribution < -0.4 is 0 Å². The zero-order valence-corrected chi connectivity index (χ0v) is 20.8. The standard InChI is InChI=1S/C25H32N4S2/c1-19-26-24(20-6-10-22(11-7-20)30-16-14-28(2)3)18-25(27-19)21-8-12-23(13-9-21)31-17-15-29(4)5/h6-13,18H,14-17H2,1-5H3. The van der Waals surface area contributed by atoms with Crippen LogP contribution in [0.25, 0.3) is 22.5 Å². The second-order valence-corrected chi connectivity index (χ2v) is 10.4. The number of hydrogen-bond acceptors (Lipinski definition) is 6. The third kappa shape index (κ3) is 7.65. The number of thioether (sulfide) groups is 2. The Labute approximate surface area is 195 Å². The van der Waals surface area contributed by atoms with Gasteiger partial charge >= 0.3 is 0 Å². The molecule has 0 N–H and O–H groups in total. The first-order chi connectivity index (χ1) is 14.9. The molecule has 0 saturated carbocycles. The molecule has 6 heteroatoms. The molecule has 3 rings (SSSR count). The lowest BCUT2D eigenvalue weighted by atomic mass is 10.1. The van der Waals surface area contributed by atoms with Crippen LogP contribution in [-0.4, -0.2) is 72.6 Å². The van der Waals surface area contributed by atoms with Crippen LogP contribution in [0.15, 0.2) is 64.4 Å². The molecule has 0 bridgehead atoms. The number of rotatable bonds is 10. The maximum absolute atomic E-state index is 4.69. The summed E-state index contributed by atoms with van der Waals surface area (Å²) in [7, 11) is 8.43. The van der Waals surface area contributed by atoms with Crippen molar-refractivity contribution in [1.82, 2.24) is 19.8 Å². The highest BCUT2D eigenvalue weighted by Crippen LogP contribution is 2.28. The average Bonchev–Trinajstić information content (AvgIpc) is 2.74. The highest BCUT2D eigenvalue weighted by atomic mass is 32.2. The molecule has 1 aromatic heterocycles. The van der Waals surface area contributed by atoms with Crippen molar-refractivity contribution in [3.63, 3.8) is 0 Å². The minimum Gasteiger partial charge on any atom is -0.309 e. The van der Waals surface area contributed by atoms with Gasteiger partial charge in [0.2, 0.25) is 0 Å². The number of hydrogen-bond donors (Lipinski definition) is 0. The van der Waals surface area contributed by atoms with Gasteiger partial charge in [-0.05, 0) is 65.4 Å². The van der Waals surface area contributed by atoms with Crippen molar-refractivity contribution in [2.45, 2.75) is 16.7 Å². The molecule has 0 saturated heterocycles. The fourth-order valence-corrected chi connectivity index (χ4v) is 5.04. The normalized spacial score (nSPS) is 11.5. The summed E-state index contributed by atoms with van der Waals surface area (Å²) in [4.78, 5) is 16.4. The van der Waals surface area contributed by atoms with Gasteiger partial charge in [-0.15, -0.1) is 23.5 Å². The maximum atomic E-state index is 4.69. The smallest absolute Gasteiger partial charge is 0.126 e. The lowest BCUT2D eigenvalue weighted by molar-refractivity contribution is 0.437. The Hall–Kier alpha value is -1.86. The van der Waals surface area contributed by atoms with Gasteiger partial charge in [0.15, 0.2) is 0 Å². The fourth-order valence-electron chi connectivity index (χ4n) is 3.00. The van der Waals surface area contributed by atoms with Crippen LogP contribution in [0.3, 0.4) is 0 Å². The summed E-state index contributed by atoms with van der Waals surface area (Å²) in [6.45, 7) is 4.12. The monoisotopic (exact) mass is 452 g/mol. The van der Waals surface area contributed by atoms with E-state index in [1.54, 1.807) is 0 Å². The summed E-state index contributed by atoms with van der Waals surface area (Å²) < 4.78 is 0. The molecule has 0 aliphatic rings. The largest absolute Gasteiger partial charge is 0.309 e. The van der Waals surface area contributed by atoms with Gasteiger partial charge in [-0.2, -0.15) is 0 Å². The summed E-state index contributed by atoms with van der Waals surface area (Å²) in [5, 5.41) is 0. The molecule has 1 heterocycles. The summed E-state index contributed by atoms with van der Waals surface area (Å²) in [5.74, 6) is 2.97. The third-order valence-corrected chi connectivity index (χ3v) is 6.74. The Bertz CT molecular complexity index is 879. The molecule has 0 unspecified atom stereocenters. The Kier molecular flexibility index (Phi) is 8.96. The zero-order valence-electron chi connectivity index (χ0n) is 19.1. The van der Waals surface area contributed by atoms with Crippen LogP contribution in [-0.2, 0) is 0 Å². The molecule has 31 heavy (non-hydrogen) atoms. The van der Waals surface area contributed by atoms with Crippen LogP contribution in [0.1, 0.15) is 5.82 Å². The molecule has 0 fully saturated rings. The van der Waals surface area contributed by atoms with Gasteiger partial charge < -0.3 is 9.80 Å². The van der Waals surface area contributed by atoms with E-state index in [0.717, 1.165) is 52.9 Å². The highest BCUT2D eigenvalue weighted by Gasteiger charge is 2.08. The minimum atomic E-state index is 0.793. The first-order valence-corrected chi connectivity index (χ1v) is 12.5. The van der Waals surface area contributed by atoms with Gasteiger partial charge in [-0.25, -0.2) is 9.97 Å². The number of aromatic nitrogens is 2. The molecule has 164 valence electrons. The third-order valence-electron chi connectivity index (χ3n) is 4.75. The van der Waals surface area contributed by atoms with Gasteiger partial charge in [0.25, 0.3) is 0 Å². The lowest BCUT2D eigenvalue weighted by Crippen LogP contribution is -2.14. The van der Waals surface area contributed by atoms with Gasteiger partial charge in [0.05, 0.1) is 11.4 Å². The summed E-state index contributed by atoms with van der Waals surface area (Å²) in [6, 6.07) is 19.5. The Morgan fingerprint density at radius 3 is 1.39 bits per heavy atom. The molecule has 0 spiro atoms. The number of aryl methyl sites for hydroxylation is 1. The van der Waals surface area contributed by atoms with Gasteiger partial charge in [-0.3, -0.25) is 0 Å². The number of nitrogens with zero attached hydrogens (tertiary/aromatic N) is 4. The molecule has 4 nitrogen and oxygen atoms in total. The fraction of sp³-hybridized carbons (Fsp3) is 0.360. The molecular weight excluding hydrogens is 420 g/mol. The molecule has 0 aliphatic heterocycles. The van der Waals surface area contributed by atoms with E-state index in [0.29, 0.717) is 0 Å². The van der Waals surface area contributed by atoms with Crippen molar-refractivity contribution in [3.8, 4) is 22.5 Å².